The van der Waals surface area contributed by atoms with E-state index in [1.807, 2.05) is 6.92 Å². The van der Waals surface area contributed by atoms with Gasteiger partial charge >= 0.3 is 0 Å². The highest BCUT2D eigenvalue weighted by Gasteiger charge is 2.36. The average Bonchev–Trinajstić information content (AvgIpc) is 3.46. The summed E-state index contributed by atoms with van der Waals surface area (Å²) in [5.41, 5.74) is 0.746. The normalized spacial score (nSPS) is 16.1. The van der Waals surface area contributed by atoms with Crippen LogP contribution in [0.15, 0.2) is 42.5 Å². The summed E-state index contributed by atoms with van der Waals surface area (Å²) in [6.07, 6.45) is 3.20. The molecule has 1 saturated carbocycles. The zero-order valence-corrected chi connectivity index (χ0v) is 15.3. The van der Waals surface area contributed by atoms with Gasteiger partial charge in [0.2, 0.25) is 0 Å². The van der Waals surface area contributed by atoms with E-state index in [2.05, 4.69) is 5.32 Å². The first-order valence-corrected chi connectivity index (χ1v) is 9.18. The monoisotopic (exact) mass is 373 g/mol. The lowest BCUT2D eigenvalue weighted by Crippen LogP contribution is -2.33. The smallest absolute Gasteiger partial charge is 0.197 e. The second-order valence-electron chi connectivity index (χ2n) is 6.81. The van der Waals surface area contributed by atoms with E-state index in [1.165, 1.54) is 0 Å². The van der Waals surface area contributed by atoms with Crippen molar-refractivity contribution in [2.45, 2.75) is 38.3 Å². The van der Waals surface area contributed by atoms with Gasteiger partial charge in [-0.25, -0.2) is 4.39 Å². The number of halogens is 2. The Labute approximate surface area is 157 Å². The van der Waals surface area contributed by atoms with Crippen LogP contribution in [0.1, 0.15) is 53.7 Å². The SMILES string of the molecule is C[C@@H](CC=O)N[C@@H](c1ccc(Cl)c(C(=O)c2ccccc2)c1F)C1CC1. The average molecular weight is 374 g/mol. The lowest BCUT2D eigenvalue weighted by Gasteiger charge is -2.24. The van der Waals surface area contributed by atoms with Crippen molar-refractivity contribution >= 4 is 23.7 Å². The third-order valence-corrected chi connectivity index (χ3v) is 5.04. The molecule has 0 unspecified atom stereocenters. The van der Waals surface area contributed by atoms with Gasteiger partial charge in [-0.05, 0) is 31.7 Å². The molecule has 0 aliphatic heterocycles. The molecule has 26 heavy (non-hydrogen) atoms. The molecule has 136 valence electrons. The maximum atomic E-state index is 15.3. The number of hydrogen-bond acceptors (Lipinski definition) is 3. The van der Waals surface area contributed by atoms with E-state index < -0.39 is 11.6 Å². The van der Waals surface area contributed by atoms with Crippen LogP contribution in [0.4, 0.5) is 4.39 Å². The van der Waals surface area contributed by atoms with Crippen molar-refractivity contribution in [2.24, 2.45) is 5.92 Å². The van der Waals surface area contributed by atoms with Crippen molar-refractivity contribution < 1.29 is 14.0 Å². The van der Waals surface area contributed by atoms with Crippen LogP contribution in [0.25, 0.3) is 0 Å². The molecule has 0 bridgehead atoms. The molecular formula is C21H21ClFNO2. The fraction of sp³-hybridized carbons (Fsp3) is 0.333. The van der Waals surface area contributed by atoms with E-state index in [4.69, 9.17) is 11.6 Å². The van der Waals surface area contributed by atoms with Gasteiger partial charge in [0.25, 0.3) is 0 Å². The Kier molecular flexibility index (Phi) is 5.84. The summed E-state index contributed by atoms with van der Waals surface area (Å²) in [7, 11) is 0. The van der Waals surface area contributed by atoms with Crippen molar-refractivity contribution in [3.05, 3.63) is 70.0 Å². The van der Waals surface area contributed by atoms with Crippen LogP contribution in [0.5, 0.6) is 0 Å². The molecule has 5 heteroatoms. The Morgan fingerprint density at radius 3 is 2.58 bits per heavy atom. The molecule has 1 aliphatic rings. The van der Waals surface area contributed by atoms with E-state index in [9.17, 15) is 9.59 Å². The van der Waals surface area contributed by atoms with E-state index in [0.29, 0.717) is 23.5 Å². The Bertz CT molecular complexity index is 805. The molecule has 0 amide bonds. The molecule has 1 N–H and O–H groups in total. The fourth-order valence-corrected chi connectivity index (χ4v) is 3.41. The van der Waals surface area contributed by atoms with Crippen LogP contribution in [-0.4, -0.2) is 18.1 Å². The first-order valence-electron chi connectivity index (χ1n) is 8.80. The highest BCUT2D eigenvalue weighted by Crippen LogP contribution is 2.43. The molecule has 1 fully saturated rings. The van der Waals surface area contributed by atoms with Crippen LogP contribution >= 0.6 is 11.6 Å². The minimum Gasteiger partial charge on any atom is -0.307 e. The predicted molar refractivity (Wildman–Crippen MR) is 100 cm³/mol. The van der Waals surface area contributed by atoms with E-state index in [1.54, 1.807) is 42.5 Å². The van der Waals surface area contributed by atoms with E-state index in [0.717, 1.165) is 19.1 Å². The lowest BCUT2D eigenvalue weighted by atomic mass is 9.94. The summed E-state index contributed by atoms with van der Waals surface area (Å²) in [4.78, 5) is 23.5. The first-order chi connectivity index (χ1) is 12.5. The van der Waals surface area contributed by atoms with Gasteiger partial charge in [-0.2, -0.15) is 0 Å². The summed E-state index contributed by atoms with van der Waals surface area (Å²) in [6, 6.07) is 11.5. The molecule has 3 rings (SSSR count). The first kappa shape index (κ1) is 18.7. The van der Waals surface area contributed by atoms with Crippen molar-refractivity contribution in [3.8, 4) is 0 Å². The maximum absolute atomic E-state index is 15.3. The molecule has 2 atom stereocenters. The third kappa shape index (κ3) is 4.02. The molecular weight excluding hydrogens is 353 g/mol. The topological polar surface area (TPSA) is 46.2 Å². The fourth-order valence-electron chi connectivity index (χ4n) is 3.18. The Balaban J connectivity index is 1.98. The zero-order valence-electron chi connectivity index (χ0n) is 14.5. The Hall–Kier alpha value is -2.04. The van der Waals surface area contributed by atoms with Crippen LogP contribution in [0.2, 0.25) is 5.02 Å². The molecule has 0 radical (unpaired) electrons. The number of rotatable bonds is 8. The van der Waals surface area contributed by atoms with Gasteiger partial charge in [-0.15, -0.1) is 0 Å². The highest BCUT2D eigenvalue weighted by molar-refractivity contribution is 6.35. The number of carbonyl (C=O) groups is 2. The van der Waals surface area contributed by atoms with Crippen LogP contribution in [-0.2, 0) is 4.79 Å². The van der Waals surface area contributed by atoms with Crippen LogP contribution in [0.3, 0.4) is 0 Å². The third-order valence-electron chi connectivity index (χ3n) is 4.73. The van der Waals surface area contributed by atoms with E-state index in [-0.39, 0.29) is 22.7 Å². The molecule has 0 aromatic heterocycles. The van der Waals surface area contributed by atoms with Gasteiger partial charge in [0.05, 0.1) is 10.6 Å². The number of nitrogens with one attached hydrogen (secondary N) is 1. The number of carbonyl (C=O) groups excluding carboxylic acids is 2. The number of benzene rings is 2. The summed E-state index contributed by atoms with van der Waals surface area (Å²) in [5, 5.41) is 3.44. The highest BCUT2D eigenvalue weighted by atomic mass is 35.5. The standard InChI is InChI=1S/C21H21ClFNO2/c1-13(11-12-25)24-20(14-7-8-14)16-9-10-17(22)18(19(16)23)21(26)15-5-3-2-4-6-15/h2-6,9-10,12-14,20,24H,7-8,11H2,1H3/t13-,20+/m0/s1. The minimum absolute atomic E-state index is 0.0681. The van der Waals surface area contributed by atoms with Crippen LogP contribution in [0, 0.1) is 11.7 Å². The molecule has 0 spiro atoms. The molecule has 1 aliphatic carbocycles. The largest absolute Gasteiger partial charge is 0.307 e. The molecule has 3 nitrogen and oxygen atoms in total. The van der Waals surface area contributed by atoms with Crippen molar-refractivity contribution in [2.75, 3.05) is 0 Å². The maximum Gasteiger partial charge on any atom is 0.197 e. The van der Waals surface area contributed by atoms with Crippen LogP contribution < -0.4 is 5.32 Å². The quantitative estimate of drug-likeness (QED) is 0.537. The molecule has 2 aromatic carbocycles. The van der Waals surface area contributed by atoms with Gasteiger partial charge < -0.3 is 10.1 Å². The van der Waals surface area contributed by atoms with Gasteiger partial charge in [-0.1, -0.05) is 48.0 Å². The molecule has 2 aromatic rings. The molecule has 0 saturated heterocycles. The van der Waals surface area contributed by atoms with Gasteiger partial charge in [0.1, 0.15) is 12.1 Å². The predicted octanol–water partition coefficient (Wildman–Crippen LogP) is 4.73. The van der Waals surface area contributed by atoms with Crippen molar-refractivity contribution in [1.29, 1.82) is 0 Å². The van der Waals surface area contributed by atoms with E-state index >= 15 is 4.39 Å². The summed E-state index contributed by atoms with van der Waals surface area (Å²) in [6.45, 7) is 1.90. The molecule has 0 heterocycles. The van der Waals surface area contributed by atoms with Crippen molar-refractivity contribution in [3.63, 3.8) is 0 Å². The second kappa shape index (κ2) is 8.11. The summed E-state index contributed by atoms with van der Waals surface area (Å²) < 4.78 is 15.3. The lowest BCUT2D eigenvalue weighted by molar-refractivity contribution is -0.108. The van der Waals surface area contributed by atoms with Gasteiger partial charge in [0, 0.05) is 29.6 Å². The van der Waals surface area contributed by atoms with Crippen molar-refractivity contribution in [1.82, 2.24) is 5.32 Å². The number of ketones is 1. The summed E-state index contributed by atoms with van der Waals surface area (Å²) in [5.74, 6) is -0.695. The van der Waals surface area contributed by atoms with Gasteiger partial charge in [-0.3, -0.25) is 4.79 Å². The Morgan fingerprint density at radius 1 is 1.27 bits per heavy atom. The zero-order chi connectivity index (χ0) is 18.7. The number of hydrogen-bond donors (Lipinski definition) is 1. The summed E-state index contributed by atoms with van der Waals surface area (Å²) >= 11 is 6.17. The Morgan fingerprint density at radius 2 is 1.96 bits per heavy atom. The van der Waals surface area contributed by atoms with Gasteiger partial charge in [0.15, 0.2) is 5.78 Å². The second-order valence-corrected chi connectivity index (χ2v) is 7.21. The number of aldehydes is 1. The minimum atomic E-state index is -0.575.